The molecule has 0 radical (unpaired) electrons. The summed E-state index contributed by atoms with van der Waals surface area (Å²) >= 11 is 0. The minimum Gasteiger partial charge on any atom is -0.469 e. The van der Waals surface area contributed by atoms with Crippen molar-refractivity contribution in [3.8, 4) is 0 Å². The molecule has 0 rings (SSSR count). The van der Waals surface area contributed by atoms with Crippen molar-refractivity contribution in [1.29, 1.82) is 0 Å². The highest BCUT2D eigenvalue weighted by Gasteiger charge is 2.08. The van der Waals surface area contributed by atoms with Crippen molar-refractivity contribution in [3.63, 3.8) is 0 Å². The third-order valence-electron chi connectivity index (χ3n) is 2.80. The van der Waals surface area contributed by atoms with Crippen LogP contribution in [0, 0.1) is 5.92 Å². The summed E-state index contributed by atoms with van der Waals surface area (Å²) in [6, 6.07) is 0. The van der Waals surface area contributed by atoms with Gasteiger partial charge in [-0.25, -0.2) is 0 Å². The number of carbonyl (C=O) groups is 1. The normalized spacial score (nSPS) is 12.9. The number of carbonyl (C=O) groups excluding carboxylic acids is 1. The zero-order valence-corrected chi connectivity index (χ0v) is 10.6. The van der Waals surface area contributed by atoms with Gasteiger partial charge in [-0.1, -0.05) is 27.2 Å². The van der Waals surface area contributed by atoms with Gasteiger partial charge >= 0.3 is 5.97 Å². The highest BCUT2D eigenvalue weighted by atomic mass is 16.5. The fourth-order valence-corrected chi connectivity index (χ4v) is 1.50. The highest BCUT2D eigenvalue weighted by molar-refractivity contribution is 5.69. The Balaban J connectivity index is 3.65. The van der Waals surface area contributed by atoms with Gasteiger partial charge in [0, 0.05) is 13.0 Å². The van der Waals surface area contributed by atoms with Crippen LogP contribution in [0.15, 0.2) is 0 Å². The fraction of sp³-hybridized carbons (Fsp3) is 0.917. The Morgan fingerprint density at radius 1 is 1.40 bits per heavy atom. The average molecular weight is 215 g/mol. The van der Waals surface area contributed by atoms with E-state index in [2.05, 4.69) is 30.4 Å². The van der Waals surface area contributed by atoms with Crippen molar-refractivity contribution < 1.29 is 9.53 Å². The lowest BCUT2D eigenvalue weighted by atomic mass is 10.1. The topological polar surface area (TPSA) is 29.5 Å². The third-order valence-corrected chi connectivity index (χ3v) is 2.80. The molecule has 90 valence electrons. The molecule has 0 bridgehead atoms. The van der Waals surface area contributed by atoms with E-state index in [1.54, 1.807) is 0 Å². The molecule has 0 spiro atoms. The lowest BCUT2D eigenvalue weighted by Crippen LogP contribution is -2.29. The van der Waals surface area contributed by atoms with Crippen LogP contribution in [0.5, 0.6) is 0 Å². The number of hydrogen-bond donors (Lipinski definition) is 0. The van der Waals surface area contributed by atoms with E-state index >= 15 is 0 Å². The van der Waals surface area contributed by atoms with E-state index in [1.807, 2.05) is 0 Å². The maximum Gasteiger partial charge on any atom is 0.305 e. The van der Waals surface area contributed by atoms with Crippen LogP contribution in [0.1, 0.15) is 40.0 Å². The molecule has 3 nitrogen and oxygen atoms in total. The molecule has 0 fully saturated rings. The van der Waals surface area contributed by atoms with Crippen LogP contribution in [0.3, 0.4) is 0 Å². The standard InChI is InChI=1S/C12H25NO2/c1-5-11(3)10-13(6-2)9-7-8-12(14)15-4/h11H,5-10H2,1-4H3. The smallest absolute Gasteiger partial charge is 0.305 e. The SMILES string of the molecule is CCC(C)CN(CC)CCCC(=O)OC. The van der Waals surface area contributed by atoms with Gasteiger partial charge in [0.1, 0.15) is 0 Å². The Morgan fingerprint density at radius 3 is 2.53 bits per heavy atom. The Kier molecular flexibility index (Phi) is 8.38. The summed E-state index contributed by atoms with van der Waals surface area (Å²) in [5, 5.41) is 0. The summed E-state index contributed by atoms with van der Waals surface area (Å²) in [7, 11) is 1.44. The van der Waals surface area contributed by atoms with Crippen molar-refractivity contribution in [3.05, 3.63) is 0 Å². The first kappa shape index (κ1) is 14.4. The second-order valence-corrected chi connectivity index (χ2v) is 4.09. The number of ether oxygens (including phenoxy) is 1. The monoisotopic (exact) mass is 215 g/mol. The highest BCUT2D eigenvalue weighted by Crippen LogP contribution is 2.05. The van der Waals surface area contributed by atoms with E-state index in [0.717, 1.165) is 32.0 Å². The quantitative estimate of drug-likeness (QED) is 0.582. The lowest BCUT2D eigenvalue weighted by molar-refractivity contribution is -0.140. The van der Waals surface area contributed by atoms with Gasteiger partial charge in [-0.2, -0.15) is 0 Å². The molecule has 0 saturated carbocycles. The molecule has 0 N–H and O–H groups in total. The molecular weight excluding hydrogens is 190 g/mol. The van der Waals surface area contributed by atoms with Crippen molar-refractivity contribution in [2.75, 3.05) is 26.7 Å². The predicted molar refractivity (Wildman–Crippen MR) is 62.8 cm³/mol. The Hall–Kier alpha value is -0.570. The van der Waals surface area contributed by atoms with Crippen LogP contribution in [0.2, 0.25) is 0 Å². The summed E-state index contributed by atoms with van der Waals surface area (Å²) in [4.78, 5) is 13.3. The number of rotatable bonds is 8. The molecule has 1 atom stereocenters. The zero-order valence-electron chi connectivity index (χ0n) is 10.6. The molecule has 0 saturated heterocycles. The fourth-order valence-electron chi connectivity index (χ4n) is 1.50. The first-order valence-electron chi connectivity index (χ1n) is 5.93. The molecule has 0 aromatic rings. The number of nitrogens with zero attached hydrogens (tertiary/aromatic N) is 1. The van der Waals surface area contributed by atoms with E-state index in [-0.39, 0.29) is 5.97 Å². The van der Waals surface area contributed by atoms with Crippen molar-refractivity contribution in [2.24, 2.45) is 5.92 Å². The molecular formula is C12H25NO2. The van der Waals surface area contributed by atoms with Crippen LogP contribution in [0.25, 0.3) is 0 Å². The molecule has 0 amide bonds. The lowest BCUT2D eigenvalue weighted by Gasteiger charge is -2.23. The van der Waals surface area contributed by atoms with E-state index in [1.165, 1.54) is 13.5 Å². The summed E-state index contributed by atoms with van der Waals surface area (Å²) in [6.07, 6.45) is 2.65. The van der Waals surface area contributed by atoms with Crippen molar-refractivity contribution >= 4 is 5.97 Å². The molecule has 0 aliphatic rings. The third kappa shape index (κ3) is 7.37. The number of hydrogen-bond acceptors (Lipinski definition) is 3. The molecule has 0 aliphatic heterocycles. The van der Waals surface area contributed by atoms with Gasteiger partial charge < -0.3 is 9.64 Å². The van der Waals surface area contributed by atoms with Crippen LogP contribution < -0.4 is 0 Å². The molecule has 0 aromatic heterocycles. The van der Waals surface area contributed by atoms with Gasteiger partial charge in [0.2, 0.25) is 0 Å². The second kappa shape index (κ2) is 8.72. The van der Waals surface area contributed by atoms with Gasteiger partial charge in [-0.05, 0) is 25.4 Å². The summed E-state index contributed by atoms with van der Waals surface area (Å²) in [5.41, 5.74) is 0. The number of methoxy groups -OCH3 is 1. The largest absolute Gasteiger partial charge is 0.469 e. The molecule has 0 aromatic carbocycles. The van der Waals surface area contributed by atoms with Gasteiger partial charge in [-0.3, -0.25) is 4.79 Å². The van der Waals surface area contributed by atoms with E-state index in [0.29, 0.717) is 6.42 Å². The number of esters is 1. The Bertz CT molecular complexity index is 171. The van der Waals surface area contributed by atoms with Crippen LogP contribution >= 0.6 is 0 Å². The van der Waals surface area contributed by atoms with Crippen molar-refractivity contribution in [2.45, 2.75) is 40.0 Å². The molecule has 0 aliphatic carbocycles. The Labute approximate surface area is 93.8 Å². The predicted octanol–water partition coefficient (Wildman–Crippen LogP) is 2.31. The molecule has 0 heterocycles. The van der Waals surface area contributed by atoms with Crippen LogP contribution in [-0.4, -0.2) is 37.6 Å². The Morgan fingerprint density at radius 2 is 2.07 bits per heavy atom. The van der Waals surface area contributed by atoms with Gasteiger partial charge in [0.25, 0.3) is 0 Å². The first-order chi connectivity index (χ1) is 7.13. The van der Waals surface area contributed by atoms with E-state index in [4.69, 9.17) is 0 Å². The summed E-state index contributed by atoms with van der Waals surface area (Å²) in [6.45, 7) is 9.84. The van der Waals surface area contributed by atoms with E-state index < -0.39 is 0 Å². The first-order valence-corrected chi connectivity index (χ1v) is 5.93. The average Bonchev–Trinajstić information content (AvgIpc) is 2.26. The van der Waals surface area contributed by atoms with E-state index in [9.17, 15) is 4.79 Å². The molecule has 3 heteroatoms. The maximum atomic E-state index is 10.9. The van der Waals surface area contributed by atoms with Crippen molar-refractivity contribution in [1.82, 2.24) is 4.90 Å². The summed E-state index contributed by atoms with van der Waals surface area (Å²) < 4.78 is 4.61. The van der Waals surface area contributed by atoms with Gasteiger partial charge in [-0.15, -0.1) is 0 Å². The minimum absolute atomic E-state index is 0.102. The zero-order chi connectivity index (χ0) is 11.7. The maximum absolute atomic E-state index is 10.9. The minimum atomic E-state index is -0.102. The molecule has 1 unspecified atom stereocenters. The van der Waals surface area contributed by atoms with Crippen LogP contribution in [0.4, 0.5) is 0 Å². The van der Waals surface area contributed by atoms with Gasteiger partial charge in [0.05, 0.1) is 7.11 Å². The van der Waals surface area contributed by atoms with Crippen LogP contribution in [-0.2, 0) is 9.53 Å². The second-order valence-electron chi connectivity index (χ2n) is 4.09. The molecule has 15 heavy (non-hydrogen) atoms. The summed E-state index contributed by atoms with van der Waals surface area (Å²) in [5.74, 6) is 0.637. The van der Waals surface area contributed by atoms with Gasteiger partial charge in [0.15, 0.2) is 0 Å².